The SMILES string of the molecule is O=C(CCNS(=O)(=O)c1ccc(OC(F)(F)F)cc1)NCCCn1nc2ccccn2c1=O. The lowest BCUT2D eigenvalue weighted by Crippen LogP contribution is -2.32. The van der Waals surface area contributed by atoms with Gasteiger partial charge in [0.05, 0.1) is 4.90 Å². The number of aryl methyl sites for hydroxylation is 1. The summed E-state index contributed by atoms with van der Waals surface area (Å²) in [5.74, 6) is -0.958. The number of aromatic nitrogens is 3. The molecule has 178 valence electrons. The van der Waals surface area contributed by atoms with E-state index >= 15 is 0 Å². The molecule has 0 saturated carbocycles. The van der Waals surface area contributed by atoms with Crippen molar-refractivity contribution in [2.24, 2.45) is 0 Å². The standard InChI is InChI=1S/C19H20F3N5O5S/c20-19(21,22)32-14-5-7-15(8-6-14)33(30,31)24-11-9-17(28)23-10-3-13-27-18(29)26-12-2-1-4-16(26)25-27/h1-2,4-8,12,24H,3,9-11,13H2,(H,23,28). The Morgan fingerprint density at radius 2 is 1.82 bits per heavy atom. The number of benzene rings is 1. The van der Waals surface area contributed by atoms with Gasteiger partial charge in [-0.3, -0.25) is 9.20 Å². The van der Waals surface area contributed by atoms with Crippen molar-refractivity contribution < 1.29 is 31.1 Å². The number of halogens is 3. The van der Waals surface area contributed by atoms with Crippen molar-refractivity contribution in [1.82, 2.24) is 24.2 Å². The molecule has 0 aliphatic heterocycles. The number of rotatable bonds is 10. The lowest BCUT2D eigenvalue weighted by atomic mass is 10.3. The number of amides is 1. The quantitative estimate of drug-likeness (QED) is 0.415. The van der Waals surface area contributed by atoms with Crippen LogP contribution in [-0.4, -0.2) is 48.0 Å². The first-order valence-electron chi connectivity index (χ1n) is 9.71. The van der Waals surface area contributed by atoms with E-state index < -0.39 is 28.0 Å². The highest BCUT2D eigenvalue weighted by molar-refractivity contribution is 7.89. The number of hydrogen-bond donors (Lipinski definition) is 2. The number of sulfonamides is 1. The number of pyridine rings is 1. The first-order valence-corrected chi connectivity index (χ1v) is 11.2. The van der Waals surface area contributed by atoms with Crippen molar-refractivity contribution in [2.45, 2.75) is 30.6 Å². The van der Waals surface area contributed by atoms with Crippen molar-refractivity contribution in [3.8, 4) is 5.75 Å². The van der Waals surface area contributed by atoms with Gasteiger partial charge in [0.25, 0.3) is 0 Å². The van der Waals surface area contributed by atoms with Crippen LogP contribution < -0.4 is 20.5 Å². The average Bonchev–Trinajstić information content (AvgIpc) is 3.06. The van der Waals surface area contributed by atoms with Gasteiger partial charge in [-0.05, 0) is 42.8 Å². The monoisotopic (exact) mass is 487 g/mol. The highest BCUT2D eigenvalue weighted by Gasteiger charge is 2.31. The van der Waals surface area contributed by atoms with Gasteiger partial charge in [-0.2, -0.15) is 0 Å². The number of fused-ring (bicyclic) bond motifs is 1. The molecule has 0 aliphatic carbocycles. The summed E-state index contributed by atoms with van der Waals surface area (Å²) >= 11 is 0. The number of carbonyl (C=O) groups excluding carboxylic acids is 1. The fourth-order valence-corrected chi connectivity index (χ4v) is 3.89. The minimum atomic E-state index is -4.88. The molecule has 0 saturated heterocycles. The van der Waals surface area contributed by atoms with E-state index in [4.69, 9.17) is 0 Å². The van der Waals surface area contributed by atoms with Gasteiger partial charge < -0.3 is 10.1 Å². The number of alkyl halides is 3. The zero-order valence-electron chi connectivity index (χ0n) is 17.1. The summed E-state index contributed by atoms with van der Waals surface area (Å²) in [5.41, 5.74) is 0.227. The molecule has 1 aromatic carbocycles. The molecule has 0 spiro atoms. The molecule has 0 unspecified atom stereocenters. The summed E-state index contributed by atoms with van der Waals surface area (Å²) in [6, 6.07) is 8.86. The topological polar surface area (TPSA) is 124 Å². The van der Waals surface area contributed by atoms with E-state index in [0.717, 1.165) is 24.3 Å². The minimum Gasteiger partial charge on any atom is -0.406 e. The zero-order valence-corrected chi connectivity index (χ0v) is 17.9. The van der Waals surface area contributed by atoms with Gasteiger partial charge in [-0.25, -0.2) is 22.6 Å². The highest BCUT2D eigenvalue weighted by atomic mass is 32.2. The van der Waals surface area contributed by atoms with Crippen LogP contribution in [0.4, 0.5) is 13.2 Å². The molecule has 0 aliphatic rings. The number of hydrogen-bond acceptors (Lipinski definition) is 6. The molecule has 3 aromatic rings. The Kier molecular flexibility index (Phi) is 7.38. The number of nitrogens with one attached hydrogen (secondary N) is 2. The van der Waals surface area contributed by atoms with Crippen LogP contribution in [0.2, 0.25) is 0 Å². The van der Waals surface area contributed by atoms with Gasteiger partial charge in [0.15, 0.2) is 5.65 Å². The molecule has 2 heterocycles. The predicted octanol–water partition coefficient (Wildman–Crippen LogP) is 1.27. The Morgan fingerprint density at radius 3 is 2.48 bits per heavy atom. The maximum Gasteiger partial charge on any atom is 0.573 e. The first-order chi connectivity index (χ1) is 15.5. The van der Waals surface area contributed by atoms with Crippen molar-refractivity contribution in [3.63, 3.8) is 0 Å². The Morgan fingerprint density at radius 1 is 1.09 bits per heavy atom. The van der Waals surface area contributed by atoms with Crippen molar-refractivity contribution in [3.05, 3.63) is 59.1 Å². The van der Waals surface area contributed by atoms with Gasteiger partial charge in [0, 0.05) is 32.3 Å². The summed E-state index contributed by atoms with van der Waals surface area (Å²) < 4.78 is 69.5. The van der Waals surface area contributed by atoms with Crippen molar-refractivity contribution in [2.75, 3.05) is 13.1 Å². The summed E-state index contributed by atoms with van der Waals surface area (Å²) in [6.45, 7) is 0.342. The molecule has 0 atom stereocenters. The number of carbonyl (C=O) groups is 1. The predicted molar refractivity (Wildman–Crippen MR) is 110 cm³/mol. The minimum absolute atomic E-state index is 0.150. The number of ether oxygens (including phenoxy) is 1. The van der Waals surface area contributed by atoms with Crippen LogP contribution in [-0.2, 0) is 21.4 Å². The van der Waals surface area contributed by atoms with Crippen LogP contribution in [0.1, 0.15) is 12.8 Å². The van der Waals surface area contributed by atoms with E-state index in [0.29, 0.717) is 18.6 Å². The third kappa shape index (κ3) is 6.79. The molecule has 2 aromatic heterocycles. The third-order valence-electron chi connectivity index (χ3n) is 4.37. The molecular formula is C19H20F3N5O5S. The summed E-state index contributed by atoms with van der Waals surface area (Å²) in [4.78, 5) is 23.8. The molecule has 14 heteroatoms. The summed E-state index contributed by atoms with van der Waals surface area (Å²) in [6.07, 6.45) is -2.99. The molecule has 0 bridgehead atoms. The summed E-state index contributed by atoms with van der Waals surface area (Å²) in [5, 5.41) is 6.79. The van der Waals surface area contributed by atoms with Gasteiger partial charge in [-0.15, -0.1) is 18.3 Å². The average molecular weight is 487 g/mol. The first kappa shape index (κ1) is 24.3. The largest absolute Gasteiger partial charge is 0.573 e. The van der Waals surface area contributed by atoms with Gasteiger partial charge in [0.1, 0.15) is 5.75 Å². The fourth-order valence-electron chi connectivity index (χ4n) is 2.86. The van der Waals surface area contributed by atoms with Crippen LogP contribution in [0.15, 0.2) is 58.4 Å². The third-order valence-corrected chi connectivity index (χ3v) is 5.85. The van der Waals surface area contributed by atoms with Crippen LogP contribution in [0.5, 0.6) is 5.75 Å². The smallest absolute Gasteiger partial charge is 0.406 e. The lowest BCUT2D eigenvalue weighted by Gasteiger charge is -2.10. The Bertz CT molecular complexity index is 1270. The summed E-state index contributed by atoms with van der Waals surface area (Å²) in [7, 11) is -4.01. The maximum atomic E-state index is 12.2. The molecule has 1 amide bonds. The molecule has 33 heavy (non-hydrogen) atoms. The van der Waals surface area contributed by atoms with E-state index in [1.807, 2.05) is 0 Å². The van der Waals surface area contributed by atoms with Crippen molar-refractivity contribution >= 4 is 21.6 Å². The van der Waals surface area contributed by atoms with Gasteiger partial charge in [0.2, 0.25) is 15.9 Å². The maximum absolute atomic E-state index is 12.2. The Labute approximate surface area is 186 Å². The highest BCUT2D eigenvalue weighted by Crippen LogP contribution is 2.23. The molecular weight excluding hydrogens is 467 g/mol. The lowest BCUT2D eigenvalue weighted by molar-refractivity contribution is -0.274. The molecule has 3 rings (SSSR count). The second kappa shape index (κ2) is 10.0. The Hall–Kier alpha value is -3.39. The van der Waals surface area contributed by atoms with E-state index in [-0.39, 0.29) is 30.1 Å². The zero-order chi connectivity index (χ0) is 24.1. The van der Waals surface area contributed by atoms with E-state index in [1.165, 1.54) is 9.08 Å². The van der Waals surface area contributed by atoms with Crippen molar-refractivity contribution in [1.29, 1.82) is 0 Å². The van der Waals surface area contributed by atoms with E-state index in [2.05, 4.69) is 19.9 Å². The fraction of sp³-hybridized carbons (Fsp3) is 0.316. The van der Waals surface area contributed by atoms with E-state index in [1.54, 1.807) is 24.4 Å². The molecule has 10 nitrogen and oxygen atoms in total. The Balaban J connectivity index is 1.39. The molecule has 0 fully saturated rings. The molecule has 2 N–H and O–H groups in total. The van der Waals surface area contributed by atoms with E-state index in [9.17, 15) is 31.2 Å². The number of nitrogens with zero attached hydrogens (tertiary/aromatic N) is 3. The van der Waals surface area contributed by atoms with Gasteiger partial charge >= 0.3 is 12.1 Å². The van der Waals surface area contributed by atoms with Crippen LogP contribution in [0.25, 0.3) is 5.65 Å². The second-order valence-electron chi connectivity index (χ2n) is 6.81. The van der Waals surface area contributed by atoms with Gasteiger partial charge in [-0.1, -0.05) is 6.07 Å². The molecule has 0 radical (unpaired) electrons. The normalized spacial score (nSPS) is 12.1. The van der Waals surface area contributed by atoms with Crippen LogP contribution >= 0.6 is 0 Å². The van der Waals surface area contributed by atoms with Crippen LogP contribution in [0, 0.1) is 0 Å². The second-order valence-corrected chi connectivity index (χ2v) is 8.57. The van der Waals surface area contributed by atoms with Crippen LogP contribution in [0.3, 0.4) is 0 Å².